The van der Waals surface area contributed by atoms with Crippen LogP contribution < -0.4 is 29.6 Å². The molecule has 0 heterocycles. The average molecular weight is 274 g/mol. The van der Waals surface area contributed by atoms with Crippen LogP contribution in [0.25, 0.3) is 0 Å². The van der Waals surface area contributed by atoms with Crippen LogP contribution in [-0.4, -0.2) is 17.9 Å². The topological polar surface area (TPSA) is 100 Å². The predicted octanol–water partition coefficient (Wildman–Crippen LogP) is -1.76. The third-order valence-corrected chi connectivity index (χ3v) is 2.90. The molecule has 0 spiro atoms. The molecule has 0 aromatic heterocycles. The number of nitro benzene ring substituents is 1. The Morgan fingerprint density at radius 2 is 1.94 bits per heavy atom. The van der Waals surface area contributed by atoms with E-state index in [4.69, 9.17) is 11.6 Å². The molecule has 1 rings (SSSR count). The third kappa shape index (κ3) is 3.41. The molecule has 0 radical (unpaired) electrons. The van der Waals surface area contributed by atoms with Gasteiger partial charge in [-0.25, -0.2) is 8.42 Å². The molecule has 0 amide bonds. The Kier molecular flexibility index (Phi) is 5.88. The summed E-state index contributed by atoms with van der Waals surface area (Å²) in [6, 6.07) is 3.21. The third-order valence-electron chi connectivity index (χ3n) is 1.71. The van der Waals surface area contributed by atoms with Crippen molar-refractivity contribution in [2.45, 2.75) is 10.8 Å². The minimum atomic E-state index is -4.74. The average Bonchev–Trinajstić information content (AvgIpc) is 2.15. The summed E-state index contributed by atoms with van der Waals surface area (Å²) in [7, 11) is -4.74. The van der Waals surface area contributed by atoms with E-state index in [0.717, 1.165) is 18.2 Å². The summed E-state index contributed by atoms with van der Waals surface area (Å²) in [5.74, 6) is -0.409. The Bertz CT molecular complexity index is 503. The predicted molar refractivity (Wildman–Crippen MR) is 50.6 cm³/mol. The van der Waals surface area contributed by atoms with Gasteiger partial charge in [-0.15, -0.1) is 11.6 Å². The van der Waals surface area contributed by atoms with Crippen molar-refractivity contribution < 1.29 is 47.5 Å². The van der Waals surface area contributed by atoms with E-state index in [9.17, 15) is 23.1 Å². The molecular formula is C7H5ClNNaO5S. The van der Waals surface area contributed by atoms with Crippen LogP contribution in [0.2, 0.25) is 0 Å². The van der Waals surface area contributed by atoms with Gasteiger partial charge in [-0.3, -0.25) is 10.1 Å². The van der Waals surface area contributed by atoms with Crippen molar-refractivity contribution in [3.05, 3.63) is 33.9 Å². The molecule has 0 aliphatic rings. The molecule has 0 aliphatic carbocycles. The molecule has 0 unspecified atom stereocenters. The van der Waals surface area contributed by atoms with Crippen LogP contribution in [-0.2, 0) is 16.0 Å². The maximum atomic E-state index is 10.8. The zero-order chi connectivity index (χ0) is 11.6. The molecule has 0 N–H and O–H groups in total. The molecule has 0 fully saturated rings. The summed E-state index contributed by atoms with van der Waals surface area (Å²) in [5, 5.41) is 10.5. The number of alkyl halides is 1. The zero-order valence-corrected chi connectivity index (χ0v) is 11.8. The molecule has 82 valence electrons. The van der Waals surface area contributed by atoms with Crippen LogP contribution in [0.15, 0.2) is 23.1 Å². The van der Waals surface area contributed by atoms with Gasteiger partial charge in [0, 0.05) is 6.07 Å². The summed E-state index contributed by atoms with van der Waals surface area (Å²) < 4.78 is 32.3. The molecule has 6 nitrogen and oxygen atoms in total. The number of benzene rings is 1. The Morgan fingerprint density at radius 1 is 1.38 bits per heavy atom. The monoisotopic (exact) mass is 273 g/mol. The molecule has 0 saturated heterocycles. The van der Waals surface area contributed by atoms with Gasteiger partial charge in [-0.05, 0) is 6.07 Å². The number of nitro groups is 1. The number of halogens is 1. The fourth-order valence-corrected chi connectivity index (χ4v) is 2.18. The van der Waals surface area contributed by atoms with Crippen LogP contribution in [0.5, 0.6) is 0 Å². The Morgan fingerprint density at radius 3 is 2.31 bits per heavy atom. The van der Waals surface area contributed by atoms with Crippen molar-refractivity contribution in [1.29, 1.82) is 0 Å². The first kappa shape index (κ1) is 15.8. The van der Waals surface area contributed by atoms with Gasteiger partial charge in [0.15, 0.2) is 0 Å². The summed E-state index contributed by atoms with van der Waals surface area (Å²) in [4.78, 5) is 9.08. The molecular weight excluding hydrogens is 269 g/mol. The van der Waals surface area contributed by atoms with Crippen molar-refractivity contribution in [3.8, 4) is 0 Å². The first-order chi connectivity index (χ1) is 6.88. The normalized spacial score (nSPS) is 10.6. The van der Waals surface area contributed by atoms with Crippen LogP contribution in [0.1, 0.15) is 5.56 Å². The first-order valence-electron chi connectivity index (χ1n) is 3.66. The Hall–Kier alpha value is -0.180. The number of hydrogen-bond acceptors (Lipinski definition) is 5. The van der Waals surface area contributed by atoms with Crippen molar-refractivity contribution >= 4 is 27.4 Å². The van der Waals surface area contributed by atoms with E-state index in [1.165, 1.54) is 0 Å². The smallest absolute Gasteiger partial charge is 0.744 e. The fraction of sp³-hybridized carbons (Fsp3) is 0.143. The van der Waals surface area contributed by atoms with Crippen LogP contribution in [0, 0.1) is 10.1 Å². The number of rotatable bonds is 3. The molecule has 1 aromatic rings. The van der Waals surface area contributed by atoms with Crippen molar-refractivity contribution in [1.82, 2.24) is 0 Å². The molecule has 0 atom stereocenters. The van der Waals surface area contributed by atoms with Gasteiger partial charge in [-0.2, -0.15) is 0 Å². The summed E-state index contributed by atoms with van der Waals surface area (Å²) in [5.41, 5.74) is -0.749. The second kappa shape index (κ2) is 5.95. The van der Waals surface area contributed by atoms with Crippen LogP contribution in [0.4, 0.5) is 5.69 Å². The van der Waals surface area contributed by atoms with Gasteiger partial charge in [-0.1, -0.05) is 6.07 Å². The SMILES string of the molecule is O=[N+]([O-])c1cccc(S(=O)(=O)[O-])c1CCl.[Na+]. The first-order valence-corrected chi connectivity index (χ1v) is 5.60. The van der Waals surface area contributed by atoms with E-state index in [1.807, 2.05) is 0 Å². The second-order valence-corrected chi connectivity index (χ2v) is 4.21. The van der Waals surface area contributed by atoms with E-state index in [1.54, 1.807) is 0 Å². The quantitative estimate of drug-likeness (QED) is 0.214. The van der Waals surface area contributed by atoms with Gasteiger partial charge in [0.1, 0.15) is 10.1 Å². The second-order valence-electron chi connectivity index (χ2n) is 2.60. The van der Waals surface area contributed by atoms with Gasteiger partial charge < -0.3 is 4.55 Å². The minimum Gasteiger partial charge on any atom is -0.744 e. The minimum absolute atomic E-state index is 0. The maximum Gasteiger partial charge on any atom is 1.00 e. The number of hydrogen-bond donors (Lipinski definition) is 0. The largest absolute Gasteiger partial charge is 1.00 e. The summed E-state index contributed by atoms with van der Waals surface area (Å²) in [6.07, 6.45) is 0. The van der Waals surface area contributed by atoms with E-state index >= 15 is 0 Å². The van der Waals surface area contributed by atoms with E-state index < -0.39 is 31.5 Å². The van der Waals surface area contributed by atoms with Gasteiger partial charge in [0.05, 0.1) is 21.3 Å². The van der Waals surface area contributed by atoms with Crippen LogP contribution >= 0.6 is 11.6 Å². The van der Waals surface area contributed by atoms with Crippen molar-refractivity contribution in [2.24, 2.45) is 0 Å². The maximum absolute atomic E-state index is 10.8. The molecule has 16 heavy (non-hydrogen) atoms. The van der Waals surface area contributed by atoms with E-state index in [-0.39, 0.29) is 35.1 Å². The van der Waals surface area contributed by atoms with E-state index in [0.29, 0.717) is 0 Å². The van der Waals surface area contributed by atoms with Crippen LogP contribution in [0.3, 0.4) is 0 Å². The molecule has 0 saturated carbocycles. The van der Waals surface area contributed by atoms with Gasteiger partial charge in [0.25, 0.3) is 5.69 Å². The molecule has 0 bridgehead atoms. The van der Waals surface area contributed by atoms with Gasteiger partial charge >= 0.3 is 29.6 Å². The Balaban J connectivity index is 0.00000225. The summed E-state index contributed by atoms with van der Waals surface area (Å²) in [6.45, 7) is 0. The van der Waals surface area contributed by atoms with Crippen molar-refractivity contribution in [2.75, 3.05) is 0 Å². The molecule has 1 aromatic carbocycles. The van der Waals surface area contributed by atoms with Gasteiger partial charge in [0.2, 0.25) is 0 Å². The van der Waals surface area contributed by atoms with E-state index in [2.05, 4.69) is 0 Å². The molecule has 9 heteroatoms. The Labute approximate surface area is 119 Å². The standard InChI is InChI=1S/C7H6ClNO5S.Na/c8-4-5-6(9(10)11)2-1-3-7(5)15(12,13)14;/h1-3H,4H2,(H,12,13,14);/q;+1/p-1. The zero-order valence-electron chi connectivity index (χ0n) is 8.21. The van der Waals surface area contributed by atoms with Crippen molar-refractivity contribution in [3.63, 3.8) is 0 Å². The summed E-state index contributed by atoms with van der Waals surface area (Å²) >= 11 is 5.38. The fourth-order valence-electron chi connectivity index (χ4n) is 1.09. The number of nitrogens with zero attached hydrogens (tertiary/aromatic N) is 1. The molecule has 0 aliphatic heterocycles.